The minimum absolute atomic E-state index is 0.171. The third-order valence-corrected chi connectivity index (χ3v) is 11.1. The van der Waals surface area contributed by atoms with Crippen molar-refractivity contribution in [2.75, 3.05) is 0 Å². The number of halogens is 3. The van der Waals surface area contributed by atoms with Gasteiger partial charge in [-0.1, -0.05) is 0 Å². The molecule has 2 aromatic rings. The van der Waals surface area contributed by atoms with Gasteiger partial charge in [0.25, 0.3) is 0 Å². The molecule has 2 unspecified atom stereocenters. The molecule has 4 rings (SSSR count). The monoisotopic (exact) mass is 402 g/mol. The fourth-order valence-corrected chi connectivity index (χ4v) is 11.0. The molecule has 128 valence electrons. The van der Waals surface area contributed by atoms with Gasteiger partial charge in [-0.05, 0) is 0 Å². The Labute approximate surface area is 141 Å². The third kappa shape index (κ3) is 1.85. The summed E-state index contributed by atoms with van der Waals surface area (Å²) in [6.07, 6.45) is -4.52. The zero-order valence-corrected chi connectivity index (χ0v) is 15.2. The number of alkyl halides is 3. The Bertz CT molecular complexity index is 833. The third-order valence-electron chi connectivity index (χ3n) is 4.67. The number of rotatable bonds is 0. The van der Waals surface area contributed by atoms with E-state index < -0.39 is 30.9 Å². The predicted octanol–water partition coefficient (Wildman–Crippen LogP) is 3.32. The van der Waals surface area contributed by atoms with Gasteiger partial charge in [-0.3, -0.25) is 0 Å². The van der Waals surface area contributed by atoms with E-state index in [2.05, 4.69) is 0 Å². The van der Waals surface area contributed by atoms with Gasteiger partial charge in [0.15, 0.2) is 0 Å². The number of benzene rings is 2. The van der Waals surface area contributed by atoms with E-state index in [1.165, 1.54) is 6.07 Å². The van der Waals surface area contributed by atoms with Crippen LogP contribution < -0.4 is 8.92 Å². The topological polar surface area (TPSA) is 18.5 Å². The minimum atomic E-state index is -4.52. The number of fused-ring (bicyclic) bond motifs is 4. The molecular formula is C18H17F3O2Se. The Balaban J connectivity index is 2.03. The van der Waals surface area contributed by atoms with Crippen LogP contribution in [0.2, 0.25) is 0 Å². The number of hydrogen-bond donors (Lipinski definition) is 0. The predicted molar refractivity (Wildman–Crippen MR) is 86.5 cm³/mol. The molecule has 0 N–H and O–H groups in total. The molecule has 24 heavy (non-hydrogen) atoms. The van der Waals surface area contributed by atoms with Crippen LogP contribution in [0.25, 0.3) is 0 Å². The van der Waals surface area contributed by atoms with Crippen molar-refractivity contribution < 1.29 is 20.8 Å². The SMILES string of the molecule is CC1(C)O[Se]2(OC(C)(C(F)(F)F)c3ccccc32)c2ccccc21. The van der Waals surface area contributed by atoms with Gasteiger partial charge in [0.05, 0.1) is 0 Å². The van der Waals surface area contributed by atoms with Crippen LogP contribution >= 0.6 is 0 Å². The Hall–Kier alpha value is -1.33. The van der Waals surface area contributed by atoms with Crippen LogP contribution in [0.1, 0.15) is 31.9 Å². The molecule has 2 nitrogen and oxygen atoms in total. The summed E-state index contributed by atoms with van der Waals surface area (Å²) < 4.78 is 55.2. The van der Waals surface area contributed by atoms with E-state index in [1.807, 2.05) is 38.1 Å². The molecule has 0 saturated carbocycles. The van der Waals surface area contributed by atoms with Crippen LogP contribution in [0, 0.1) is 0 Å². The van der Waals surface area contributed by atoms with Crippen LogP contribution in [-0.4, -0.2) is 19.7 Å². The first kappa shape index (κ1) is 16.2. The van der Waals surface area contributed by atoms with Gasteiger partial charge in [-0.25, -0.2) is 0 Å². The van der Waals surface area contributed by atoms with Crippen molar-refractivity contribution in [1.82, 2.24) is 0 Å². The van der Waals surface area contributed by atoms with E-state index in [0.717, 1.165) is 16.9 Å². The van der Waals surface area contributed by atoms with Crippen LogP contribution in [0.3, 0.4) is 0 Å². The zero-order chi connectivity index (χ0) is 17.4. The van der Waals surface area contributed by atoms with E-state index >= 15 is 0 Å². The molecule has 0 amide bonds. The molecule has 2 aliphatic rings. The quantitative estimate of drug-likeness (QED) is 0.631. The molecule has 0 aromatic heterocycles. The second kappa shape index (κ2) is 4.64. The maximum absolute atomic E-state index is 13.9. The normalized spacial score (nSPS) is 33.1. The molecule has 0 aliphatic carbocycles. The van der Waals surface area contributed by atoms with E-state index in [4.69, 9.17) is 7.64 Å². The van der Waals surface area contributed by atoms with E-state index in [-0.39, 0.29) is 5.56 Å². The Morgan fingerprint density at radius 1 is 0.792 bits per heavy atom. The molecule has 2 heterocycles. The van der Waals surface area contributed by atoms with Crippen molar-refractivity contribution in [1.29, 1.82) is 0 Å². The summed E-state index contributed by atoms with van der Waals surface area (Å²) in [5, 5.41) is 0. The molecule has 0 fully saturated rings. The molecule has 6 heteroatoms. The first-order valence-electron chi connectivity index (χ1n) is 7.62. The number of hydrogen-bond acceptors (Lipinski definition) is 2. The van der Waals surface area contributed by atoms with Crippen molar-refractivity contribution in [3.63, 3.8) is 0 Å². The molecule has 0 radical (unpaired) electrons. The summed E-state index contributed by atoms with van der Waals surface area (Å²) in [6, 6.07) is 14.1. The Morgan fingerprint density at radius 3 is 1.88 bits per heavy atom. The second-order valence-electron chi connectivity index (χ2n) is 6.70. The van der Waals surface area contributed by atoms with E-state index in [0.29, 0.717) is 4.46 Å². The molecule has 0 bridgehead atoms. The van der Waals surface area contributed by atoms with Gasteiger partial charge < -0.3 is 0 Å². The van der Waals surface area contributed by atoms with Crippen LogP contribution in [0.4, 0.5) is 13.2 Å². The van der Waals surface area contributed by atoms with Crippen LogP contribution in [0.5, 0.6) is 0 Å². The molecule has 1 spiro atoms. The van der Waals surface area contributed by atoms with Gasteiger partial charge in [0.2, 0.25) is 0 Å². The van der Waals surface area contributed by atoms with Gasteiger partial charge in [-0.2, -0.15) is 0 Å². The Morgan fingerprint density at radius 2 is 1.29 bits per heavy atom. The molecule has 0 saturated heterocycles. The van der Waals surface area contributed by atoms with E-state index in [1.54, 1.807) is 18.2 Å². The summed E-state index contributed by atoms with van der Waals surface area (Å²) in [5.41, 5.74) is -1.95. The molecule has 2 aromatic carbocycles. The van der Waals surface area contributed by atoms with Crippen molar-refractivity contribution in [3.8, 4) is 0 Å². The summed E-state index contributed by atoms with van der Waals surface area (Å²) in [4.78, 5) is 0. The Kier molecular flexibility index (Phi) is 3.12. The second-order valence-corrected chi connectivity index (χ2v) is 11.4. The van der Waals surface area contributed by atoms with Crippen molar-refractivity contribution >= 4 is 22.4 Å². The van der Waals surface area contributed by atoms with Gasteiger partial charge in [0, 0.05) is 0 Å². The summed E-state index contributed by atoms with van der Waals surface area (Å²) in [7, 11) is 0. The summed E-state index contributed by atoms with van der Waals surface area (Å²) in [5.74, 6) is 0. The fourth-order valence-electron chi connectivity index (χ4n) is 3.43. The molecular weight excluding hydrogens is 384 g/mol. The van der Waals surface area contributed by atoms with Crippen molar-refractivity contribution in [2.24, 2.45) is 0 Å². The summed E-state index contributed by atoms with van der Waals surface area (Å²) >= 11 is -3.64. The van der Waals surface area contributed by atoms with Crippen LogP contribution in [-0.2, 0) is 18.8 Å². The van der Waals surface area contributed by atoms with Crippen molar-refractivity contribution in [3.05, 3.63) is 59.7 Å². The van der Waals surface area contributed by atoms with Crippen LogP contribution in [0.15, 0.2) is 48.5 Å². The van der Waals surface area contributed by atoms with Crippen molar-refractivity contribution in [2.45, 2.75) is 38.1 Å². The van der Waals surface area contributed by atoms with E-state index in [9.17, 15) is 13.2 Å². The molecule has 2 aliphatic heterocycles. The zero-order valence-electron chi connectivity index (χ0n) is 13.5. The first-order valence-corrected chi connectivity index (χ1v) is 10.7. The average molecular weight is 401 g/mol. The fraction of sp³-hybridized carbons (Fsp3) is 0.333. The van der Waals surface area contributed by atoms with Gasteiger partial charge in [0.1, 0.15) is 0 Å². The standard InChI is InChI=1S/C18H17F3O2Se/c1-16(2)12-8-4-6-10-14(12)24(22-16)15-11-7-5-9-13(15)17(3,23-24)18(19,20)21/h4-11H,1-3H3. The first-order chi connectivity index (χ1) is 11.1. The maximum atomic E-state index is 13.9. The summed E-state index contributed by atoms with van der Waals surface area (Å²) in [6.45, 7) is 4.87. The average Bonchev–Trinajstić information content (AvgIpc) is 2.91. The van der Waals surface area contributed by atoms with Gasteiger partial charge >= 0.3 is 141 Å². The van der Waals surface area contributed by atoms with Gasteiger partial charge in [-0.15, -0.1) is 0 Å². The molecule has 2 atom stereocenters.